The smallest absolute Gasteiger partial charge is 0.326 e. The number of likely N-dealkylation sites (tertiary alicyclic amines) is 1. The van der Waals surface area contributed by atoms with Crippen LogP contribution in [-0.2, 0) is 19.1 Å². The van der Waals surface area contributed by atoms with Crippen molar-refractivity contribution in [1.29, 1.82) is 0 Å². The largest absolute Gasteiger partial charge is 0.454 e. The summed E-state index contributed by atoms with van der Waals surface area (Å²) in [6, 6.07) is 5.41. The third-order valence-electron chi connectivity index (χ3n) is 3.80. The average molecular weight is 397 g/mol. The highest BCUT2D eigenvalue weighted by Gasteiger charge is 2.20. The van der Waals surface area contributed by atoms with E-state index >= 15 is 0 Å². The van der Waals surface area contributed by atoms with Crippen LogP contribution in [-0.4, -0.2) is 42.4 Å². The van der Waals surface area contributed by atoms with Crippen LogP contribution in [0.25, 0.3) is 0 Å². The van der Waals surface area contributed by atoms with Gasteiger partial charge in [-0.15, -0.1) is 0 Å². The van der Waals surface area contributed by atoms with Gasteiger partial charge in [0.25, 0.3) is 5.91 Å². The van der Waals surface area contributed by atoms with Crippen molar-refractivity contribution in [2.75, 3.05) is 25.0 Å². The monoisotopic (exact) mass is 396 g/mol. The standard InChI is InChI=1S/C17H21BrN2O4/c1-12-9-13(6-7-14(12)18)19-15(21)11-24-17(23)10-20-8-4-2-3-5-16(20)22/h6-7,9H,2-5,8,10-11H2,1H3,(H,19,21). The molecule has 0 unspecified atom stereocenters. The van der Waals surface area contributed by atoms with Crippen LogP contribution in [0.2, 0.25) is 0 Å². The van der Waals surface area contributed by atoms with Gasteiger partial charge >= 0.3 is 5.97 Å². The van der Waals surface area contributed by atoms with E-state index in [1.165, 1.54) is 4.90 Å². The first-order chi connectivity index (χ1) is 11.5. The van der Waals surface area contributed by atoms with Crippen LogP contribution in [0.1, 0.15) is 31.2 Å². The molecule has 1 N–H and O–H groups in total. The summed E-state index contributed by atoms with van der Waals surface area (Å²) in [7, 11) is 0. The number of nitrogens with one attached hydrogen (secondary N) is 1. The van der Waals surface area contributed by atoms with Crippen molar-refractivity contribution in [1.82, 2.24) is 4.90 Å². The molecule has 1 aliphatic rings. The number of nitrogens with zero attached hydrogens (tertiary/aromatic N) is 1. The molecule has 1 aromatic rings. The van der Waals surface area contributed by atoms with Gasteiger partial charge in [0, 0.05) is 23.1 Å². The van der Waals surface area contributed by atoms with E-state index < -0.39 is 11.9 Å². The second-order valence-corrected chi connectivity index (χ2v) is 6.65. The molecule has 0 atom stereocenters. The number of halogens is 1. The third kappa shape index (κ3) is 5.63. The second kappa shape index (κ2) is 8.82. The first-order valence-electron chi connectivity index (χ1n) is 7.95. The van der Waals surface area contributed by atoms with Gasteiger partial charge in [0.1, 0.15) is 6.54 Å². The van der Waals surface area contributed by atoms with Crippen LogP contribution in [0.3, 0.4) is 0 Å². The lowest BCUT2D eigenvalue weighted by Crippen LogP contribution is -2.36. The van der Waals surface area contributed by atoms with E-state index in [9.17, 15) is 14.4 Å². The zero-order valence-corrected chi connectivity index (χ0v) is 15.2. The summed E-state index contributed by atoms with van der Waals surface area (Å²) < 4.78 is 5.92. The van der Waals surface area contributed by atoms with Gasteiger partial charge in [-0.2, -0.15) is 0 Å². The molecule has 1 aromatic carbocycles. The van der Waals surface area contributed by atoms with E-state index in [4.69, 9.17) is 4.74 Å². The molecule has 0 aliphatic carbocycles. The van der Waals surface area contributed by atoms with Crippen molar-refractivity contribution < 1.29 is 19.1 Å². The number of rotatable bonds is 5. The highest BCUT2D eigenvalue weighted by atomic mass is 79.9. The van der Waals surface area contributed by atoms with Crippen LogP contribution in [0.4, 0.5) is 5.69 Å². The molecule has 1 fully saturated rings. The quantitative estimate of drug-likeness (QED) is 0.776. The van der Waals surface area contributed by atoms with Crippen LogP contribution in [0.5, 0.6) is 0 Å². The third-order valence-corrected chi connectivity index (χ3v) is 4.69. The van der Waals surface area contributed by atoms with Crippen LogP contribution in [0.15, 0.2) is 22.7 Å². The Morgan fingerprint density at radius 3 is 2.83 bits per heavy atom. The SMILES string of the molecule is Cc1cc(NC(=O)COC(=O)CN2CCCCCC2=O)ccc1Br. The fourth-order valence-electron chi connectivity index (χ4n) is 2.47. The average Bonchev–Trinajstić information content (AvgIpc) is 2.74. The number of hydrogen-bond acceptors (Lipinski definition) is 4. The van der Waals surface area contributed by atoms with Gasteiger partial charge in [-0.25, -0.2) is 0 Å². The fourth-order valence-corrected chi connectivity index (χ4v) is 2.72. The van der Waals surface area contributed by atoms with Gasteiger partial charge in [-0.05, 0) is 43.5 Å². The molecule has 6 nitrogen and oxygen atoms in total. The maximum atomic E-state index is 11.8. The van der Waals surface area contributed by atoms with Gasteiger partial charge in [-0.1, -0.05) is 22.4 Å². The summed E-state index contributed by atoms with van der Waals surface area (Å²) in [5.74, 6) is -1.00. The minimum absolute atomic E-state index is 0.0285. The van der Waals surface area contributed by atoms with E-state index in [0.29, 0.717) is 18.7 Å². The molecule has 7 heteroatoms. The first kappa shape index (κ1) is 18.4. The number of benzene rings is 1. The number of aryl methyl sites for hydroxylation is 1. The molecule has 1 saturated heterocycles. The van der Waals surface area contributed by atoms with Gasteiger partial charge in [0.2, 0.25) is 5.91 Å². The molecule has 1 aliphatic heterocycles. The number of esters is 1. The predicted octanol–water partition coefficient (Wildman–Crippen LogP) is 2.64. The van der Waals surface area contributed by atoms with Crippen molar-refractivity contribution in [3.05, 3.63) is 28.2 Å². The molecule has 2 rings (SSSR count). The number of amides is 2. The Balaban J connectivity index is 1.77. The maximum Gasteiger partial charge on any atom is 0.326 e. The molecule has 24 heavy (non-hydrogen) atoms. The summed E-state index contributed by atoms with van der Waals surface area (Å²) in [4.78, 5) is 37.0. The lowest BCUT2D eigenvalue weighted by atomic mass is 10.2. The van der Waals surface area contributed by atoms with Crippen LogP contribution in [0, 0.1) is 6.92 Å². The molecule has 0 radical (unpaired) electrons. The van der Waals surface area contributed by atoms with Gasteiger partial charge in [0.15, 0.2) is 6.61 Å². The molecular formula is C17H21BrN2O4. The number of anilines is 1. The molecule has 1 heterocycles. The zero-order chi connectivity index (χ0) is 17.5. The molecule has 0 spiro atoms. The molecular weight excluding hydrogens is 376 g/mol. The lowest BCUT2D eigenvalue weighted by molar-refractivity contribution is -0.151. The lowest BCUT2D eigenvalue weighted by Gasteiger charge is -2.19. The zero-order valence-electron chi connectivity index (χ0n) is 13.6. The first-order valence-corrected chi connectivity index (χ1v) is 8.74. The van der Waals surface area contributed by atoms with E-state index in [1.54, 1.807) is 6.07 Å². The summed E-state index contributed by atoms with van der Waals surface area (Å²) in [6.45, 7) is 2.02. The minimum atomic E-state index is -0.563. The summed E-state index contributed by atoms with van der Waals surface area (Å²) in [6.07, 6.45) is 3.21. The van der Waals surface area contributed by atoms with E-state index in [1.807, 2.05) is 19.1 Å². The highest BCUT2D eigenvalue weighted by Crippen LogP contribution is 2.19. The summed E-state index contributed by atoms with van der Waals surface area (Å²) in [5, 5.41) is 2.67. The Bertz CT molecular complexity index is 633. The number of ether oxygens (including phenoxy) is 1. The van der Waals surface area contributed by atoms with Crippen molar-refractivity contribution in [3.8, 4) is 0 Å². The van der Waals surface area contributed by atoms with Crippen LogP contribution >= 0.6 is 15.9 Å². The van der Waals surface area contributed by atoms with E-state index in [-0.39, 0.29) is 19.1 Å². The molecule has 130 valence electrons. The summed E-state index contributed by atoms with van der Waals surface area (Å²) >= 11 is 3.39. The Hall–Kier alpha value is -1.89. The van der Waals surface area contributed by atoms with Gasteiger partial charge in [0.05, 0.1) is 0 Å². The number of carbonyl (C=O) groups is 3. The summed E-state index contributed by atoms with van der Waals surface area (Å²) in [5.41, 5.74) is 1.63. The second-order valence-electron chi connectivity index (χ2n) is 5.80. The number of carbonyl (C=O) groups excluding carboxylic acids is 3. The highest BCUT2D eigenvalue weighted by molar-refractivity contribution is 9.10. The van der Waals surface area contributed by atoms with Crippen molar-refractivity contribution in [3.63, 3.8) is 0 Å². The minimum Gasteiger partial charge on any atom is -0.454 e. The maximum absolute atomic E-state index is 11.8. The van der Waals surface area contributed by atoms with Crippen molar-refractivity contribution in [2.45, 2.75) is 32.6 Å². The van der Waals surface area contributed by atoms with Crippen molar-refractivity contribution in [2.24, 2.45) is 0 Å². The van der Waals surface area contributed by atoms with Gasteiger partial charge in [-0.3, -0.25) is 14.4 Å². The molecule has 0 bridgehead atoms. The fraction of sp³-hybridized carbons (Fsp3) is 0.471. The Morgan fingerprint density at radius 1 is 1.29 bits per heavy atom. The Labute approximate surface area is 149 Å². The molecule has 0 saturated carbocycles. The topological polar surface area (TPSA) is 75.7 Å². The van der Waals surface area contributed by atoms with E-state index in [2.05, 4.69) is 21.2 Å². The van der Waals surface area contributed by atoms with Crippen molar-refractivity contribution >= 4 is 39.4 Å². The molecule has 2 amide bonds. The molecule has 0 aromatic heterocycles. The predicted molar refractivity (Wildman–Crippen MR) is 93.5 cm³/mol. The number of hydrogen-bond donors (Lipinski definition) is 1. The normalized spacial score (nSPS) is 14.9. The van der Waals surface area contributed by atoms with Crippen LogP contribution < -0.4 is 5.32 Å². The Kier molecular flexibility index (Phi) is 6.78. The Morgan fingerprint density at radius 2 is 2.08 bits per heavy atom. The van der Waals surface area contributed by atoms with E-state index in [0.717, 1.165) is 29.3 Å². The van der Waals surface area contributed by atoms with Gasteiger partial charge < -0.3 is 15.0 Å².